The van der Waals surface area contributed by atoms with Gasteiger partial charge in [-0.3, -0.25) is 0 Å². The minimum atomic E-state index is -0.685. The van der Waals surface area contributed by atoms with Crippen LogP contribution in [0.25, 0.3) is 0 Å². The summed E-state index contributed by atoms with van der Waals surface area (Å²) in [5, 5.41) is 1.34. The molecule has 41 heavy (non-hydrogen) atoms. The third-order valence-electron chi connectivity index (χ3n) is 8.29. The minimum Gasteiger partial charge on any atom is -0.372 e. The molecular weight excluding hydrogens is 537 g/mol. The average molecular weight is 592 g/mol. The fourth-order valence-electron chi connectivity index (χ4n) is 5.84. The van der Waals surface area contributed by atoms with Crippen LogP contribution in [-0.2, 0) is 0 Å². The standard InChI is InChI=1S/C38H55ClNP/c1-3-5-7-9-11-19-30-40(31-20-12-10-8-6-4-2)36-27-21-28-37(33-36)41(39)32-22-29-38(34-23-15-13-16-24-34)35-25-17-14-18-26-35/h13-18,21,23-28,33,38H,3-12,19-20,22,29-32H2,1-2H3. The summed E-state index contributed by atoms with van der Waals surface area (Å²) < 4.78 is 0. The molecule has 0 spiro atoms. The van der Waals surface area contributed by atoms with E-state index in [1.807, 2.05) is 0 Å². The summed E-state index contributed by atoms with van der Waals surface area (Å²) in [7, 11) is -0.685. The van der Waals surface area contributed by atoms with Gasteiger partial charge in [-0.1, -0.05) is 162 Å². The van der Waals surface area contributed by atoms with Crippen molar-refractivity contribution in [3.63, 3.8) is 0 Å². The van der Waals surface area contributed by atoms with E-state index in [1.165, 1.54) is 112 Å². The molecule has 0 saturated carbocycles. The molecule has 3 rings (SSSR count). The van der Waals surface area contributed by atoms with E-state index in [-0.39, 0.29) is 0 Å². The molecule has 3 heteroatoms. The first kappa shape index (κ1) is 33.7. The number of hydrogen-bond acceptors (Lipinski definition) is 1. The van der Waals surface area contributed by atoms with Crippen LogP contribution in [0.3, 0.4) is 0 Å². The Balaban J connectivity index is 1.58. The van der Waals surface area contributed by atoms with E-state index in [4.69, 9.17) is 11.2 Å². The summed E-state index contributed by atoms with van der Waals surface area (Å²) in [5.41, 5.74) is 4.18. The molecule has 1 nitrogen and oxygen atoms in total. The van der Waals surface area contributed by atoms with Crippen LogP contribution < -0.4 is 10.2 Å². The molecule has 0 fully saturated rings. The van der Waals surface area contributed by atoms with Gasteiger partial charge in [-0.25, -0.2) is 0 Å². The third-order valence-corrected chi connectivity index (χ3v) is 10.9. The van der Waals surface area contributed by atoms with Gasteiger partial charge in [-0.05, 0) is 60.4 Å². The van der Waals surface area contributed by atoms with Crippen LogP contribution in [0, 0.1) is 0 Å². The summed E-state index contributed by atoms with van der Waals surface area (Å²) >= 11 is 7.16. The van der Waals surface area contributed by atoms with E-state index in [0.717, 1.165) is 19.0 Å². The molecule has 0 bridgehead atoms. The number of nitrogens with zero attached hydrogens (tertiary/aromatic N) is 1. The zero-order valence-electron chi connectivity index (χ0n) is 26.0. The van der Waals surface area contributed by atoms with Crippen molar-refractivity contribution in [1.82, 2.24) is 0 Å². The molecule has 0 amide bonds. The van der Waals surface area contributed by atoms with E-state index >= 15 is 0 Å². The van der Waals surface area contributed by atoms with Gasteiger partial charge in [0.05, 0.1) is 0 Å². The third kappa shape index (κ3) is 12.9. The van der Waals surface area contributed by atoms with Gasteiger partial charge in [0, 0.05) is 32.0 Å². The van der Waals surface area contributed by atoms with Crippen molar-refractivity contribution in [3.05, 3.63) is 96.1 Å². The lowest BCUT2D eigenvalue weighted by Crippen LogP contribution is -2.26. The maximum atomic E-state index is 7.16. The summed E-state index contributed by atoms with van der Waals surface area (Å²) in [6.07, 6.45) is 19.5. The van der Waals surface area contributed by atoms with Crippen molar-refractivity contribution >= 4 is 29.5 Å². The average Bonchev–Trinajstić information content (AvgIpc) is 3.02. The number of unbranched alkanes of at least 4 members (excludes halogenated alkanes) is 10. The molecule has 224 valence electrons. The maximum Gasteiger partial charge on any atom is 0.0373 e. The summed E-state index contributed by atoms with van der Waals surface area (Å²) in [4.78, 5) is 2.66. The van der Waals surface area contributed by atoms with Crippen molar-refractivity contribution in [2.24, 2.45) is 0 Å². The summed E-state index contributed by atoms with van der Waals surface area (Å²) in [6, 6.07) is 31.2. The van der Waals surface area contributed by atoms with Crippen molar-refractivity contribution in [1.29, 1.82) is 0 Å². The number of hydrogen-bond donors (Lipinski definition) is 0. The highest BCUT2D eigenvalue weighted by Gasteiger charge is 2.16. The van der Waals surface area contributed by atoms with Crippen LogP contribution >= 0.6 is 18.5 Å². The molecule has 0 aromatic heterocycles. The summed E-state index contributed by atoms with van der Waals surface area (Å²) in [6.45, 7) is 6.93. The van der Waals surface area contributed by atoms with Gasteiger partial charge in [-0.2, -0.15) is 0 Å². The number of anilines is 1. The van der Waals surface area contributed by atoms with E-state index in [1.54, 1.807) is 0 Å². The molecule has 0 N–H and O–H groups in total. The van der Waals surface area contributed by atoms with Crippen molar-refractivity contribution < 1.29 is 0 Å². The molecule has 0 aliphatic rings. The zero-order chi connectivity index (χ0) is 29.0. The molecule has 1 unspecified atom stereocenters. The highest BCUT2D eigenvalue weighted by molar-refractivity contribution is 7.89. The molecule has 1 atom stereocenters. The first-order chi connectivity index (χ1) is 20.2. The van der Waals surface area contributed by atoms with Gasteiger partial charge in [0.1, 0.15) is 0 Å². The van der Waals surface area contributed by atoms with Gasteiger partial charge < -0.3 is 4.90 Å². The van der Waals surface area contributed by atoms with Crippen molar-refractivity contribution in [3.8, 4) is 0 Å². The molecule has 0 aliphatic carbocycles. The van der Waals surface area contributed by atoms with Crippen LogP contribution in [0.5, 0.6) is 0 Å². The van der Waals surface area contributed by atoms with Crippen LogP contribution in [-0.4, -0.2) is 19.3 Å². The fourth-order valence-corrected chi connectivity index (χ4v) is 7.75. The van der Waals surface area contributed by atoms with Crippen LogP contribution in [0.2, 0.25) is 0 Å². The van der Waals surface area contributed by atoms with Gasteiger partial charge in [0.2, 0.25) is 0 Å². The lowest BCUT2D eigenvalue weighted by atomic mass is 9.88. The molecule has 0 aliphatic heterocycles. The van der Waals surface area contributed by atoms with Crippen LogP contribution in [0.4, 0.5) is 5.69 Å². The topological polar surface area (TPSA) is 3.24 Å². The number of halogens is 1. The Bertz CT molecular complexity index is 985. The highest BCUT2D eigenvalue weighted by atomic mass is 35.7. The second-order valence-corrected chi connectivity index (χ2v) is 14.6. The Morgan fingerprint density at radius 3 is 1.63 bits per heavy atom. The minimum absolute atomic E-state index is 0.425. The van der Waals surface area contributed by atoms with E-state index in [0.29, 0.717) is 5.92 Å². The smallest absolute Gasteiger partial charge is 0.0373 e. The largest absolute Gasteiger partial charge is 0.372 e. The lowest BCUT2D eigenvalue weighted by Gasteiger charge is -2.26. The predicted molar refractivity (Wildman–Crippen MR) is 187 cm³/mol. The first-order valence-electron chi connectivity index (χ1n) is 16.6. The Kier molecular flexibility index (Phi) is 17.2. The Morgan fingerprint density at radius 1 is 0.585 bits per heavy atom. The van der Waals surface area contributed by atoms with Crippen molar-refractivity contribution in [2.75, 3.05) is 24.2 Å². The number of benzene rings is 3. The van der Waals surface area contributed by atoms with Crippen LogP contribution in [0.15, 0.2) is 84.9 Å². The second kappa shape index (κ2) is 21.0. The molecule has 0 radical (unpaired) electrons. The van der Waals surface area contributed by atoms with Gasteiger partial charge in [0.25, 0.3) is 0 Å². The first-order valence-corrected chi connectivity index (χ1v) is 19.0. The molecule has 0 saturated heterocycles. The number of rotatable bonds is 22. The molecule has 3 aromatic rings. The summed E-state index contributed by atoms with van der Waals surface area (Å²) in [5.74, 6) is 0.425. The quantitative estimate of drug-likeness (QED) is 0.0829. The normalized spacial score (nSPS) is 12.1. The lowest BCUT2D eigenvalue weighted by molar-refractivity contribution is 0.575. The van der Waals surface area contributed by atoms with Gasteiger partial charge >= 0.3 is 0 Å². The Hall–Kier alpha value is -1.82. The SMILES string of the molecule is CCCCCCCCN(CCCCCCCC)c1cccc(P(Cl)CCCC(c2ccccc2)c2ccccc2)c1. The Morgan fingerprint density at radius 2 is 1.10 bits per heavy atom. The molecule has 3 aromatic carbocycles. The van der Waals surface area contributed by atoms with E-state index in [9.17, 15) is 0 Å². The van der Waals surface area contributed by atoms with E-state index < -0.39 is 7.27 Å². The highest BCUT2D eigenvalue weighted by Crippen LogP contribution is 2.43. The Labute approximate surface area is 258 Å². The second-order valence-electron chi connectivity index (χ2n) is 11.6. The monoisotopic (exact) mass is 591 g/mol. The van der Waals surface area contributed by atoms with Crippen molar-refractivity contribution in [2.45, 2.75) is 110 Å². The van der Waals surface area contributed by atoms with Gasteiger partial charge in [-0.15, -0.1) is 0 Å². The van der Waals surface area contributed by atoms with Crippen LogP contribution in [0.1, 0.15) is 121 Å². The van der Waals surface area contributed by atoms with Gasteiger partial charge in [0.15, 0.2) is 0 Å². The molecular formula is C38H55ClNP. The fraction of sp³-hybridized carbons (Fsp3) is 0.526. The maximum absolute atomic E-state index is 7.16. The zero-order valence-corrected chi connectivity index (χ0v) is 27.6. The van der Waals surface area contributed by atoms with E-state index in [2.05, 4.69) is 104 Å². The predicted octanol–water partition coefficient (Wildman–Crippen LogP) is 12.1. The molecule has 0 heterocycles.